The molecule has 0 aliphatic heterocycles. The standard InChI is InChI=1S/C18H22N2O4/c1-4-9-20-12(2)10-16(21)17(22)15(20)11-19-18(23)13-5-7-14(24-3)8-6-13/h5-8,10,22H,4,9,11H2,1-3H3,(H,19,23). The zero-order valence-corrected chi connectivity index (χ0v) is 14.1. The van der Waals surface area contributed by atoms with Crippen LogP contribution in [-0.2, 0) is 13.1 Å². The fourth-order valence-corrected chi connectivity index (χ4v) is 2.54. The number of rotatable bonds is 6. The maximum Gasteiger partial charge on any atom is 0.251 e. The summed E-state index contributed by atoms with van der Waals surface area (Å²) in [5.74, 6) is 0.0674. The van der Waals surface area contributed by atoms with Crippen molar-refractivity contribution in [1.82, 2.24) is 9.88 Å². The van der Waals surface area contributed by atoms with Crippen molar-refractivity contribution in [2.24, 2.45) is 0 Å². The quantitative estimate of drug-likeness (QED) is 0.851. The molecule has 0 saturated carbocycles. The van der Waals surface area contributed by atoms with E-state index < -0.39 is 5.43 Å². The van der Waals surface area contributed by atoms with E-state index in [2.05, 4.69) is 5.32 Å². The summed E-state index contributed by atoms with van der Waals surface area (Å²) in [6, 6.07) is 8.12. The first-order chi connectivity index (χ1) is 11.5. The summed E-state index contributed by atoms with van der Waals surface area (Å²) in [6.45, 7) is 4.56. The molecule has 0 saturated heterocycles. The zero-order chi connectivity index (χ0) is 17.7. The summed E-state index contributed by atoms with van der Waals surface area (Å²) in [7, 11) is 1.56. The van der Waals surface area contributed by atoms with E-state index in [1.54, 1.807) is 31.4 Å². The number of aryl methyl sites for hydroxylation is 1. The van der Waals surface area contributed by atoms with Gasteiger partial charge in [-0.05, 0) is 37.6 Å². The minimum absolute atomic E-state index is 0.0770. The summed E-state index contributed by atoms with van der Waals surface area (Å²) in [4.78, 5) is 24.1. The Morgan fingerprint density at radius 3 is 2.54 bits per heavy atom. The highest BCUT2D eigenvalue weighted by molar-refractivity contribution is 5.94. The first kappa shape index (κ1) is 17.6. The van der Waals surface area contributed by atoms with E-state index >= 15 is 0 Å². The second kappa shape index (κ2) is 7.68. The number of hydrogen-bond donors (Lipinski definition) is 2. The van der Waals surface area contributed by atoms with Crippen molar-refractivity contribution in [1.29, 1.82) is 0 Å². The van der Waals surface area contributed by atoms with Crippen LogP contribution in [0.2, 0.25) is 0 Å². The Bertz CT molecular complexity index is 779. The number of amides is 1. The molecule has 0 fully saturated rings. The number of nitrogens with zero attached hydrogens (tertiary/aromatic N) is 1. The molecule has 24 heavy (non-hydrogen) atoms. The van der Waals surface area contributed by atoms with Crippen molar-refractivity contribution in [3.63, 3.8) is 0 Å². The zero-order valence-electron chi connectivity index (χ0n) is 14.1. The Morgan fingerprint density at radius 1 is 1.29 bits per heavy atom. The third-order valence-corrected chi connectivity index (χ3v) is 3.81. The second-order valence-corrected chi connectivity index (χ2v) is 5.51. The minimum atomic E-state index is -0.437. The molecule has 6 nitrogen and oxygen atoms in total. The van der Waals surface area contributed by atoms with Crippen molar-refractivity contribution in [2.75, 3.05) is 7.11 Å². The van der Waals surface area contributed by atoms with Gasteiger partial charge in [0.15, 0.2) is 5.75 Å². The number of aromatic nitrogens is 1. The summed E-state index contributed by atoms with van der Waals surface area (Å²) >= 11 is 0. The van der Waals surface area contributed by atoms with E-state index in [0.717, 1.165) is 12.1 Å². The van der Waals surface area contributed by atoms with Crippen LogP contribution in [0.25, 0.3) is 0 Å². The average molecular weight is 330 g/mol. The van der Waals surface area contributed by atoms with Crippen LogP contribution in [0.3, 0.4) is 0 Å². The van der Waals surface area contributed by atoms with Crippen molar-refractivity contribution in [3.05, 3.63) is 57.5 Å². The van der Waals surface area contributed by atoms with Gasteiger partial charge in [-0.2, -0.15) is 0 Å². The molecular weight excluding hydrogens is 308 g/mol. The smallest absolute Gasteiger partial charge is 0.251 e. The van der Waals surface area contributed by atoms with Crippen LogP contribution in [0.1, 0.15) is 35.1 Å². The number of carbonyl (C=O) groups excluding carboxylic acids is 1. The third-order valence-electron chi connectivity index (χ3n) is 3.81. The highest BCUT2D eigenvalue weighted by Crippen LogP contribution is 2.16. The topological polar surface area (TPSA) is 80.6 Å². The SMILES string of the molecule is CCCn1c(C)cc(=O)c(O)c1CNC(=O)c1ccc(OC)cc1. The Labute approximate surface area is 140 Å². The van der Waals surface area contributed by atoms with Gasteiger partial charge in [0.05, 0.1) is 19.3 Å². The van der Waals surface area contributed by atoms with E-state index in [1.807, 2.05) is 18.4 Å². The van der Waals surface area contributed by atoms with Crippen LogP contribution in [0.4, 0.5) is 0 Å². The van der Waals surface area contributed by atoms with Crippen LogP contribution in [0.15, 0.2) is 35.1 Å². The van der Waals surface area contributed by atoms with E-state index in [-0.39, 0.29) is 18.2 Å². The number of carbonyl (C=O) groups is 1. The van der Waals surface area contributed by atoms with Gasteiger partial charge in [-0.15, -0.1) is 0 Å². The van der Waals surface area contributed by atoms with Gasteiger partial charge >= 0.3 is 0 Å². The second-order valence-electron chi connectivity index (χ2n) is 5.51. The van der Waals surface area contributed by atoms with Gasteiger partial charge in [0.2, 0.25) is 5.43 Å². The molecule has 2 rings (SSSR count). The van der Waals surface area contributed by atoms with Gasteiger partial charge in [-0.1, -0.05) is 6.92 Å². The molecule has 0 aliphatic rings. The molecule has 6 heteroatoms. The number of methoxy groups -OCH3 is 1. The third kappa shape index (κ3) is 3.76. The lowest BCUT2D eigenvalue weighted by Gasteiger charge is -2.17. The minimum Gasteiger partial charge on any atom is -0.503 e. The van der Waals surface area contributed by atoms with Gasteiger partial charge in [0.1, 0.15) is 5.75 Å². The normalized spacial score (nSPS) is 10.5. The van der Waals surface area contributed by atoms with E-state index in [9.17, 15) is 14.7 Å². The molecule has 0 spiro atoms. The number of aromatic hydroxyl groups is 1. The first-order valence-corrected chi connectivity index (χ1v) is 7.82. The summed E-state index contributed by atoms with van der Waals surface area (Å²) in [5.41, 5.74) is 1.22. The van der Waals surface area contributed by atoms with E-state index in [1.165, 1.54) is 6.07 Å². The van der Waals surface area contributed by atoms with E-state index in [4.69, 9.17) is 4.74 Å². The lowest BCUT2D eigenvalue weighted by atomic mass is 10.2. The molecule has 0 radical (unpaired) electrons. The maximum atomic E-state index is 12.2. The maximum absolute atomic E-state index is 12.2. The summed E-state index contributed by atoms with van der Waals surface area (Å²) in [5, 5.41) is 12.8. The molecule has 0 unspecified atom stereocenters. The van der Waals surface area contributed by atoms with Crippen molar-refractivity contribution >= 4 is 5.91 Å². The molecule has 1 amide bonds. The number of pyridine rings is 1. The highest BCUT2D eigenvalue weighted by atomic mass is 16.5. The summed E-state index contributed by atoms with van der Waals surface area (Å²) in [6.07, 6.45) is 0.850. The first-order valence-electron chi connectivity index (χ1n) is 7.82. The van der Waals surface area contributed by atoms with Gasteiger partial charge < -0.3 is 19.7 Å². The Hall–Kier alpha value is -2.76. The Balaban J connectivity index is 2.21. The number of hydrogen-bond acceptors (Lipinski definition) is 4. The molecular formula is C18H22N2O4. The molecule has 0 aliphatic carbocycles. The lowest BCUT2D eigenvalue weighted by Crippen LogP contribution is -2.27. The number of ether oxygens (including phenoxy) is 1. The monoisotopic (exact) mass is 330 g/mol. The van der Waals surface area contributed by atoms with Gasteiger partial charge in [-0.3, -0.25) is 9.59 Å². The molecule has 0 atom stereocenters. The predicted octanol–water partition coefficient (Wildman–Crippen LogP) is 2.21. The van der Waals surface area contributed by atoms with Crippen LogP contribution < -0.4 is 15.5 Å². The Morgan fingerprint density at radius 2 is 1.96 bits per heavy atom. The van der Waals surface area contributed by atoms with Crippen molar-refractivity contribution in [3.8, 4) is 11.5 Å². The highest BCUT2D eigenvalue weighted by Gasteiger charge is 2.14. The van der Waals surface area contributed by atoms with Crippen LogP contribution in [0, 0.1) is 6.92 Å². The molecule has 1 heterocycles. The number of nitrogens with one attached hydrogen (secondary N) is 1. The van der Waals surface area contributed by atoms with Crippen molar-refractivity contribution in [2.45, 2.75) is 33.4 Å². The molecule has 0 bridgehead atoms. The van der Waals surface area contributed by atoms with Crippen LogP contribution in [-0.4, -0.2) is 22.7 Å². The Kier molecular flexibility index (Phi) is 5.63. The van der Waals surface area contributed by atoms with Gasteiger partial charge in [0.25, 0.3) is 5.91 Å². The van der Waals surface area contributed by atoms with Gasteiger partial charge in [0, 0.05) is 23.9 Å². The van der Waals surface area contributed by atoms with E-state index in [0.29, 0.717) is 23.6 Å². The molecule has 128 valence electrons. The van der Waals surface area contributed by atoms with Crippen LogP contribution in [0.5, 0.6) is 11.5 Å². The number of benzene rings is 1. The molecule has 1 aromatic heterocycles. The molecule has 2 N–H and O–H groups in total. The average Bonchev–Trinajstić information content (AvgIpc) is 2.59. The summed E-state index contributed by atoms with van der Waals surface area (Å²) < 4.78 is 6.91. The van der Waals surface area contributed by atoms with Gasteiger partial charge in [-0.25, -0.2) is 0 Å². The molecule has 2 aromatic rings. The fraction of sp³-hybridized carbons (Fsp3) is 0.333. The predicted molar refractivity (Wildman–Crippen MR) is 91.6 cm³/mol. The lowest BCUT2D eigenvalue weighted by molar-refractivity contribution is 0.0949. The van der Waals surface area contributed by atoms with Crippen molar-refractivity contribution < 1.29 is 14.6 Å². The molecule has 1 aromatic carbocycles. The largest absolute Gasteiger partial charge is 0.503 e. The van der Waals surface area contributed by atoms with Crippen LogP contribution >= 0.6 is 0 Å². The fourth-order valence-electron chi connectivity index (χ4n) is 2.54.